The topological polar surface area (TPSA) is 0 Å². The number of benzene rings is 1. The molecular weight excluding hydrogens is 216 g/mol. The molecule has 3 rings (SSSR count). The normalized spacial score (nSPS) is 22.3. The summed E-state index contributed by atoms with van der Waals surface area (Å²) in [5, 5.41) is 0.265. The van der Waals surface area contributed by atoms with Crippen LogP contribution >= 0.6 is 11.6 Å². The molecule has 0 aliphatic heterocycles. The molecule has 0 nitrogen and oxygen atoms in total. The lowest BCUT2D eigenvalue weighted by molar-refractivity contribution is 0.305. The monoisotopic (exact) mass is 234 g/mol. The zero-order valence-electron chi connectivity index (χ0n) is 9.71. The van der Waals surface area contributed by atoms with Crippen molar-refractivity contribution in [2.24, 2.45) is 5.92 Å². The second-order valence-electron chi connectivity index (χ2n) is 5.33. The molecule has 1 unspecified atom stereocenters. The van der Waals surface area contributed by atoms with E-state index in [1.54, 1.807) is 11.1 Å². The molecule has 1 atom stereocenters. The van der Waals surface area contributed by atoms with Gasteiger partial charge in [-0.25, -0.2) is 0 Å². The van der Waals surface area contributed by atoms with E-state index in [1.165, 1.54) is 50.5 Å². The molecule has 2 aliphatic carbocycles. The van der Waals surface area contributed by atoms with Gasteiger partial charge in [0.2, 0.25) is 0 Å². The lowest BCUT2D eigenvalue weighted by atomic mass is 9.79. The Morgan fingerprint density at radius 1 is 1.00 bits per heavy atom. The summed E-state index contributed by atoms with van der Waals surface area (Å²) in [6.07, 6.45) is 9.27. The highest BCUT2D eigenvalue weighted by Gasteiger charge is 2.27. The fourth-order valence-electron chi connectivity index (χ4n) is 2.93. The molecule has 1 aromatic carbocycles. The number of alkyl halides is 1. The van der Waals surface area contributed by atoms with Crippen molar-refractivity contribution in [2.75, 3.05) is 0 Å². The van der Waals surface area contributed by atoms with Gasteiger partial charge in [-0.2, -0.15) is 0 Å². The quantitative estimate of drug-likeness (QED) is 0.654. The van der Waals surface area contributed by atoms with Gasteiger partial charge in [0.05, 0.1) is 5.38 Å². The van der Waals surface area contributed by atoms with Crippen LogP contribution in [0.3, 0.4) is 0 Å². The predicted molar refractivity (Wildman–Crippen MR) is 69.0 cm³/mol. The molecule has 1 saturated carbocycles. The minimum absolute atomic E-state index is 0.265. The van der Waals surface area contributed by atoms with Crippen LogP contribution in [-0.2, 0) is 12.8 Å². The van der Waals surface area contributed by atoms with Crippen LogP contribution in [0, 0.1) is 5.92 Å². The first-order valence-electron chi connectivity index (χ1n) is 6.60. The van der Waals surface area contributed by atoms with Crippen LogP contribution in [0.4, 0.5) is 0 Å². The minimum Gasteiger partial charge on any atom is -0.118 e. The second kappa shape index (κ2) is 4.41. The van der Waals surface area contributed by atoms with E-state index in [-0.39, 0.29) is 5.38 Å². The van der Waals surface area contributed by atoms with Crippen molar-refractivity contribution in [1.82, 2.24) is 0 Å². The van der Waals surface area contributed by atoms with Crippen molar-refractivity contribution in [3.05, 3.63) is 34.9 Å². The smallest absolute Gasteiger partial charge is 0.0613 e. The number of hydrogen-bond donors (Lipinski definition) is 0. The maximum Gasteiger partial charge on any atom is 0.0613 e. The van der Waals surface area contributed by atoms with E-state index >= 15 is 0 Å². The summed E-state index contributed by atoms with van der Waals surface area (Å²) in [4.78, 5) is 0. The van der Waals surface area contributed by atoms with Gasteiger partial charge in [0.15, 0.2) is 0 Å². The van der Waals surface area contributed by atoms with Crippen LogP contribution in [-0.4, -0.2) is 0 Å². The minimum atomic E-state index is 0.265. The molecule has 0 spiro atoms. The van der Waals surface area contributed by atoms with Crippen molar-refractivity contribution >= 4 is 11.6 Å². The number of hydrogen-bond acceptors (Lipinski definition) is 0. The molecule has 0 aromatic heterocycles. The van der Waals surface area contributed by atoms with Crippen molar-refractivity contribution in [3.8, 4) is 0 Å². The van der Waals surface area contributed by atoms with E-state index in [0.29, 0.717) is 0 Å². The molecule has 0 amide bonds. The first kappa shape index (κ1) is 10.7. The summed E-state index contributed by atoms with van der Waals surface area (Å²) in [6.45, 7) is 0. The number of fused-ring (bicyclic) bond motifs is 1. The standard InChI is InChI=1S/C15H19Cl/c16-15(12-6-3-7-12)14-9-8-11-4-1-2-5-13(11)10-14/h8-10,12,15H,1-7H2. The molecule has 0 radical (unpaired) electrons. The molecule has 1 fully saturated rings. The van der Waals surface area contributed by atoms with E-state index < -0.39 is 0 Å². The Morgan fingerprint density at radius 3 is 2.44 bits per heavy atom. The lowest BCUT2D eigenvalue weighted by Gasteiger charge is -2.30. The summed E-state index contributed by atoms with van der Waals surface area (Å²) in [7, 11) is 0. The number of halogens is 1. The summed E-state index contributed by atoms with van der Waals surface area (Å²) < 4.78 is 0. The molecular formula is C15H19Cl. The van der Waals surface area contributed by atoms with E-state index in [9.17, 15) is 0 Å². The Labute approximate surface area is 103 Å². The molecule has 86 valence electrons. The molecule has 2 aliphatic rings. The maximum absolute atomic E-state index is 6.55. The van der Waals surface area contributed by atoms with Gasteiger partial charge in [-0.05, 0) is 61.1 Å². The zero-order valence-corrected chi connectivity index (χ0v) is 10.5. The lowest BCUT2D eigenvalue weighted by Crippen LogP contribution is -2.17. The Morgan fingerprint density at radius 2 is 1.75 bits per heavy atom. The highest BCUT2D eigenvalue weighted by molar-refractivity contribution is 6.21. The van der Waals surface area contributed by atoms with Gasteiger partial charge in [-0.3, -0.25) is 0 Å². The third kappa shape index (κ3) is 1.88. The van der Waals surface area contributed by atoms with Crippen molar-refractivity contribution < 1.29 is 0 Å². The molecule has 0 heterocycles. The van der Waals surface area contributed by atoms with E-state index in [2.05, 4.69) is 18.2 Å². The predicted octanol–water partition coefficient (Wildman–Crippen LogP) is 4.65. The van der Waals surface area contributed by atoms with Gasteiger partial charge in [-0.1, -0.05) is 24.6 Å². The molecule has 0 N–H and O–H groups in total. The van der Waals surface area contributed by atoms with Crippen LogP contribution in [0.15, 0.2) is 18.2 Å². The Hall–Kier alpha value is -0.490. The average molecular weight is 235 g/mol. The Kier molecular flexibility index (Phi) is 2.93. The van der Waals surface area contributed by atoms with Crippen LogP contribution in [0.2, 0.25) is 0 Å². The average Bonchev–Trinajstić information content (AvgIpc) is 2.26. The Bertz CT molecular complexity index is 379. The summed E-state index contributed by atoms with van der Waals surface area (Å²) in [5.74, 6) is 0.739. The van der Waals surface area contributed by atoms with Crippen LogP contribution < -0.4 is 0 Å². The van der Waals surface area contributed by atoms with E-state index in [4.69, 9.17) is 11.6 Å². The van der Waals surface area contributed by atoms with Gasteiger partial charge in [-0.15, -0.1) is 11.6 Å². The highest BCUT2D eigenvalue weighted by atomic mass is 35.5. The van der Waals surface area contributed by atoms with E-state index in [1.807, 2.05) is 0 Å². The van der Waals surface area contributed by atoms with Gasteiger partial charge >= 0.3 is 0 Å². The van der Waals surface area contributed by atoms with Crippen LogP contribution in [0.1, 0.15) is 54.2 Å². The van der Waals surface area contributed by atoms with Gasteiger partial charge in [0.1, 0.15) is 0 Å². The fourth-order valence-corrected chi connectivity index (χ4v) is 3.32. The molecule has 0 bridgehead atoms. The molecule has 1 heteroatoms. The largest absolute Gasteiger partial charge is 0.118 e. The van der Waals surface area contributed by atoms with Crippen molar-refractivity contribution in [3.63, 3.8) is 0 Å². The third-order valence-electron chi connectivity index (χ3n) is 4.25. The molecule has 1 aromatic rings. The highest BCUT2D eigenvalue weighted by Crippen LogP contribution is 2.42. The second-order valence-corrected chi connectivity index (χ2v) is 5.80. The van der Waals surface area contributed by atoms with Gasteiger partial charge < -0.3 is 0 Å². The number of aryl methyl sites for hydroxylation is 2. The zero-order chi connectivity index (χ0) is 11.0. The van der Waals surface area contributed by atoms with Gasteiger partial charge in [0, 0.05) is 0 Å². The summed E-state index contributed by atoms with van der Waals surface area (Å²) in [6, 6.07) is 6.96. The van der Waals surface area contributed by atoms with Crippen LogP contribution in [0.25, 0.3) is 0 Å². The third-order valence-corrected chi connectivity index (χ3v) is 4.86. The molecule has 0 saturated heterocycles. The Balaban J connectivity index is 1.84. The summed E-state index contributed by atoms with van der Waals surface area (Å²) >= 11 is 6.55. The number of rotatable bonds is 2. The van der Waals surface area contributed by atoms with Crippen molar-refractivity contribution in [2.45, 2.75) is 50.3 Å². The fraction of sp³-hybridized carbons (Fsp3) is 0.600. The van der Waals surface area contributed by atoms with Gasteiger partial charge in [0.25, 0.3) is 0 Å². The first-order valence-corrected chi connectivity index (χ1v) is 7.04. The molecule has 16 heavy (non-hydrogen) atoms. The SMILES string of the molecule is ClC(c1ccc2c(c1)CCCC2)C1CCC1. The van der Waals surface area contributed by atoms with Crippen LogP contribution in [0.5, 0.6) is 0 Å². The maximum atomic E-state index is 6.55. The van der Waals surface area contributed by atoms with E-state index in [0.717, 1.165) is 5.92 Å². The first-order chi connectivity index (χ1) is 7.84. The summed E-state index contributed by atoms with van der Waals surface area (Å²) in [5.41, 5.74) is 4.49. The van der Waals surface area contributed by atoms with Crippen molar-refractivity contribution in [1.29, 1.82) is 0 Å².